The first kappa shape index (κ1) is 19.3. The third-order valence-corrected chi connectivity index (χ3v) is 5.66. The number of halogens is 4. The van der Waals surface area contributed by atoms with Crippen molar-refractivity contribution in [3.8, 4) is 5.75 Å². The number of benzene rings is 1. The van der Waals surface area contributed by atoms with Crippen molar-refractivity contribution in [2.75, 3.05) is 0 Å². The lowest BCUT2D eigenvalue weighted by Gasteiger charge is -2.29. The van der Waals surface area contributed by atoms with Crippen LogP contribution in [-0.4, -0.2) is 32.9 Å². The molecule has 3 rings (SSSR count). The zero-order valence-corrected chi connectivity index (χ0v) is 14.2. The largest absolute Gasteiger partial charge is 0.573 e. The fourth-order valence-electron chi connectivity index (χ4n) is 3.28. The van der Waals surface area contributed by atoms with Crippen LogP contribution in [0.3, 0.4) is 0 Å². The van der Waals surface area contributed by atoms with Gasteiger partial charge in [-0.15, -0.1) is 25.6 Å². The van der Waals surface area contributed by atoms with Gasteiger partial charge >= 0.3 is 6.36 Å². The molecule has 0 spiro atoms. The molecule has 1 aromatic rings. The molecule has 2 N–H and O–H groups in total. The number of rotatable bonds is 4. The Kier molecular flexibility index (Phi) is 5.68. The number of nitrogens with one attached hydrogen (secondary N) is 2. The Hall–Kier alpha value is -1.03. The highest BCUT2D eigenvalue weighted by atomic mass is 35.5. The molecule has 2 aliphatic heterocycles. The summed E-state index contributed by atoms with van der Waals surface area (Å²) >= 11 is 0. The van der Waals surface area contributed by atoms with E-state index in [1.54, 1.807) is 0 Å². The number of fused-ring (bicyclic) bond motifs is 2. The lowest BCUT2D eigenvalue weighted by molar-refractivity contribution is -0.274. The summed E-state index contributed by atoms with van der Waals surface area (Å²) in [5.41, 5.74) is 0. The van der Waals surface area contributed by atoms with Gasteiger partial charge in [0.15, 0.2) is 0 Å². The molecule has 24 heavy (non-hydrogen) atoms. The summed E-state index contributed by atoms with van der Waals surface area (Å²) in [5, 5.41) is 3.40. The molecule has 0 aromatic heterocycles. The summed E-state index contributed by atoms with van der Waals surface area (Å²) in [5.74, 6) is -0.550. The molecule has 2 bridgehead atoms. The maximum atomic E-state index is 12.4. The Morgan fingerprint density at radius 2 is 1.79 bits per heavy atom. The van der Waals surface area contributed by atoms with Gasteiger partial charge < -0.3 is 10.1 Å². The van der Waals surface area contributed by atoms with E-state index in [1.807, 2.05) is 0 Å². The van der Waals surface area contributed by atoms with Gasteiger partial charge in [0.2, 0.25) is 10.0 Å². The second kappa shape index (κ2) is 7.07. The topological polar surface area (TPSA) is 67.4 Å². The number of hydrogen-bond donors (Lipinski definition) is 2. The molecule has 5 nitrogen and oxygen atoms in total. The van der Waals surface area contributed by atoms with Gasteiger partial charge in [-0.1, -0.05) is 6.07 Å². The molecule has 0 saturated carbocycles. The highest BCUT2D eigenvalue weighted by Crippen LogP contribution is 2.29. The minimum Gasteiger partial charge on any atom is -0.406 e. The smallest absolute Gasteiger partial charge is 0.406 e. The van der Waals surface area contributed by atoms with Crippen LogP contribution in [0.2, 0.25) is 0 Å². The van der Waals surface area contributed by atoms with Crippen LogP contribution in [0.5, 0.6) is 5.75 Å². The van der Waals surface area contributed by atoms with E-state index >= 15 is 0 Å². The van der Waals surface area contributed by atoms with Gasteiger partial charge in [0, 0.05) is 24.2 Å². The molecule has 2 atom stereocenters. The molecule has 0 aliphatic carbocycles. The predicted octanol–water partition coefficient (Wildman–Crippen LogP) is 2.57. The molecular weight excluding hydrogens is 369 g/mol. The Morgan fingerprint density at radius 3 is 2.38 bits per heavy atom. The minimum atomic E-state index is -4.86. The molecule has 2 unspecified atom stereocenters. The van der Waals surface area contributed by atoms with Gasteiger partial charge in [0.05, 0.1) is 4.90 Å². The molecule has 2 fully saturated rings. The van der Waals surface area contributed by atoms with Crippen LogP contribution in [0.4, 0.5) is 13.2 Å². The molecular formula is C14H18ClF3N2O3S. The molecule has 136 valence electrons. The zero-order valence-electron chi connectivity index (χ0n) is 12.5. The lowest BCUT2D eigenvalue weighted by atomic mass is 10.0. The van der Waals surface area contributed by atoms with Crippen molar-refractivity contribution in [2.24, 2.45) is 0 Å². The highest BCUT2D eigenvalue weighted by Gasteiger charge is 2.36. The number of sulfonamides is 1. The average molecular weight is 387 g/mol. The summed E-state index contributed by atoms with van der Waals surface area (Å²) in [7, 11) is -3.88. The van der Waals surface area contributed by atoms with Crippen molar-refractivity contribution in [1.82, 2.24) is 10.0 Å². The second-order valence-corrected chi connectivity index (χ2v) is 7.66. The van der Waals surface area contributed by atoms with E-state index in [2.05, 4.69) is 14.8 Å². The summed E-state index contributed by atoms with van der Waals surface area (Å²) in [6, 6.07) is 4.83. The lowest BCUT2D eigenvalue weighted by Crippen LogP contribution is -2.47. The number of ether oxygens (including phenoxy) is 1. The van der Waals surface area contributed by atoms with E-state index in [4.69, 9.17) is 0 Å². The van der Waals surface area contributed by atoms with Gasteiger partial charge in [-0.05, 0) is 37.8 Å². The Bertz CT molecular complexity index is 672. The Morgan fingerprint density at radius 1 is 1.17 bits per heavy atom. The third kappa shape index (κ3) is 4.75. The molecule has 2 saturated heterocycles. The number of alkyl halides is 3. The van der Waals surface area contributed by atoms with Gasteiger partial charge in [-0.25, -0.2) is 13.1 Å². The minimum absolute atomic E-state index is 0. The van der Waals surface area contributed by atoms with E-state index < -0.39 is 22.1 Å². The van der Waals surface area contributed by atoms with E-state index in [1.165, 1.54) is 12.1 Å². The van der Waals surface area contributed by atoms with Gasteiger partial charge in [-0.2, -0.15) is 0 Å². The van der Waals surface area contributed by atoms with Crippen LogP contribution >= 0.6 is 12.4 Å². The number of piperidine rings is 1. The molecule has 2 aliphatic rings. The van der Waals surface area contributed by atoms with Crippen molar-refractivity contribution in [3.05, 3.63) is 24.3 Å². The second-order valence-electron chi connectivity index (χ2n) is 5.95. The van der Waals surface area contributed by atoms with Crippen LogP contribution in [0, 0.1) is 0 Å². The Labute approximate surface area is 144 Å². The fourth-order valence-corrected chi connectivity index (χ4v) is 4.58. The summed E-state index contributed by atoms with van der Waals surface area (Å²) in [4.78, 5) is -0.231. The van der Waals surface area contributed by atoms with Gasteiger partial charge in [-0.3, -0.25) is 0 Å². The highest BCUT2D eigenvalue weighted by molar-refractivity contribution is 7.89. The zero-order chi connectivity index (χ0) is 16.7. The predicted molar refractivity (Wildman–Crippen MR) is 83.7 cm³/mol. The van der Waals surface area contributed by atoms with Crippen molar-refractivity contribution < 1.29 is 26.3 Å². The van der Waals surface area contributed by atoms with Crippen LogP contribution < -0.4 is 14.8 Å². The third-order valence-electron chi connectivity index (χ3n) is 4.14. The first-order valence-corrected chi connectivity index (χ1v) is 8.84. The van der Waals surface area contributed by atoms with Crippen LogP contribution in [0.25, 0.3) is 0 Å². The molecule has 10 heteroatoms. The first-order chi connectivity index (χ1) is 10.7. The average Bonchev–Trinajstić information content (AvgIpc) is 2.76. The maximum absolute atomic E-state index is 12.4. The van der Waals surface area contributed by atoms with Crippen LogP contribution in [0.1, 0.15) is 25.7 Å². The van der Waals surface area contributed by atoms with Crippen LogP contribution in [-0.2, 0) is 10.0 Å². The maximum Gasteiger partial charge on any atom is 0.573 e. The number of hydrogen-bond acceptors (Lipinski definition) is 4. The molecule has 2 heterocycles. The standard InChI is InChI=1S/C14H17F3N2O3S.ClH/c15-14(16,17)22-12-2-1-3-13(8-12)23(20,21)19-11-6-9-4-5-10(7-11)18-9;/h1-3,8-11,18-19H,4-7H2;1H. The SMILES string of the molecule is Cl.O=S(=O)(NC1CC2CCC(C1)N2)c1cccc(OC(F)(F)F)c1. The van der Waals surface area contributed by atoms with E-state index in [-0.39, 0.29) is 23.3 Å². The quantitative estimate of drug-likeness (QED) is 0.834. The van der Waals surface area contributed by atoms with Gasteiger partial charge in [0.1, 0.15) is 5.75 Å². The summed E-state index contributed by atoms with van der Waals surface area (Å²) in [6.07, 6.45) is -1.43. The van der Waals surface area contributed by atoms with Crippen molar-refractivity contribution in [3.63, 3.8) is 0 Å². The molecule has 0 amide bonds. The fraction of sp³-hybridized carbons (Fsp3) is 0.571. The normalized spacial score (nSPS) is 26.7. The Balaban J connectivity index is 0.00000208. The van der Waals surface area contributed by atoms with E-state index in [0.717, 1.165) is 25.0 Å². The van der Waals surface area contributed by atoms with Crippen LogP contribution in [0.15, 0.2) is 29.2 Å². The van der Waals surface area contributed by atoms with Crippen molar-refractivity contribution in [2.45, 2.75) is 55.1 Å². The van der Waals surface area contributed by atoms with E-state index in [0.29, 0.717) is 24.9 Å². The van der Waals surface area contributed by atoms with Gasteiger partial charge in [0.25, 0.3) is 0 Å². The molecule has 1 aromatic carbocycles. The van der Waals surface area contributed by atoms with Crippen molar-refractivity contribution >= 4 is 22.4 Å². The first-order valence-electron chi connectivity index (χ1n) is 7.35. The summed E-state index contributed by atoms with van der Waals surface area (Å²) in [6.45, 7) is 0. The monoisotopic (exact) mass is 386 g/mol. The summed E-state index contributed by atoms with van der Waals surface area (Å²) < 4.78 is 67.9. The molecule has 0 radical (unpaired) electrons. The van der Waals surface area contributed by atoms with E-state index in [9.17, 15) is 21.6 Å². The van der Waals surface area contributed by atoms with Crippen molar-refractivity contribution in [1.29, 1.82) is 0 Å².